The van der Waals surface area contributed by atoms with E-state index in [-0.39, 0.29) is 28.6 Å². The molecule has 0 aromatic heterocycles. The molecule has 1 aromatic rings. The average Bonchev–Trinajstić information content (AvgIpc) is 2.51. The van der Waals surface area contributed by atoms with Gasteiger partial charge in [-0.15, -0.1) is 0 Å². The molecule has 11 heteroatoms. The topological polar surface area (TPSA) is 136 Å². The molecular weight excluding hydrogens is 346 g/mol. The number of hydrazine groups is 1. The van der Waals surface area contributed by atoms with Crippen LogP contribution in [0.2, 0.25) is 0 Å². The fourth-order valence-corrected chi connectivity index (χ4v) is 3.94. The number of hydrogen-bond acceptors (Lipinski definition) is 7. The van der Waals surface area contributed by atoms with Gasteiger partial charge in [-0.2, -0.15) is 0 Å². The Labute approximate surface area is 134 Å². The second-order valence-corrected chi connectivity index (χ2v) is 9.13. The van der Waals surface area contributed by atoms with Crippen molar-refractivity contribution in [2.24, 2.45) is 5.84 Å². The number of sulfone groups is 1. The Bertz CT molecular complexity index is 834. The van der Waals surface area contributed by atoms with Crippen LogP contribution in [0.1, 0.15) is 6.92 Å². The molecule has 1 heterocycles. The monoisotopic (exact) mass is 363 g/mol. The predicted molar refractivity (Wildman–Crippen MR) is 83.1 cm³/mol. The predicted octanol–water partition coefficient (Wildman–Crippen LogP) is -1.00. The summed E-state index contributed by atoms with van der Waals surface area (Å²) in [5, 5.41) is 0. The first-order chi connectivity index (χ1) is 10.6. The van der Waals surface area contributed by atoms with Crippen LogP contribution in [0.4, 0.5) is 5.69 Å². The van der Waals surface area contributed by atoms with E-state index < -0.39 is 31.9 Å². The molecule has 1 aliphatic rings. The standard InChI is InChI=1S/C12H17N3O6S2/c1-3-23(19,20)8-4-5-10-9(6-8)15(22(2,17)18)7-11(21-10)12(16)14-13/h4-6,11H,3,7,13H2,1-2H3,(H,14,16)/t11-/m0/s1. The maximum Gasteiger partial charge on any atom is 0.276 e. The minimum absolute atomic E-state index is 0.0160. The van der Waals surface area contributed by atoms with Crippen LogP contribution in [0.5, 0.6) is 5.75 Å². The molecule has 1 aromatic carbocycles. The molecule has 128 valence electrons. The third kappa shape index (κ3) is 3.41. The normalized spacial score (nSPS) is 18.0. The molecule has 2 rings (SSSR count). The number of benzene rings is 1. The van der Waals surface area contributed by atoms with Crippen LogP contribution >= 0.6 is 0 Å². The maximum absolute atomic E-state index is 12.0. The highest BCUT2D eigenvalue weighted by molar-refractivity contribution is 7.92. The molecule has 23 heavy (non-hydrogen) atoms. The van der Waals surface area contributed by atoms with Gasteiger partial charge in [-0.05, 0) is 18.2 Å². The number of nitrogens with two attached hydrogens (primary N) is 1. The van der Waals surface area contributed by atoms with Crippen molar-refractivity contribution in [1.82, 2.24) is 5.43 Å². The van der Waals surface area contributed by atoms with E-state index in [1.807, 2.05) is 5.43 Å². The fourth-order valence-electron chi connectivity index (χ4n) is 2.13. The number of anilines is 1. The number of ether oxygens (including phenoxy) is 1. The van der Waals surface area contributed by atoms with Crippen molar-refractivity contribution in [3.63, 3.8) is 0 Å². The molecule has 0 saturated heterocycles. The lowest BCUT2D eigenvalue weighted by atomic mass is 10.2. The van der Waals surface area contributed by atoms with Gasteiger partial charge in [0.15, 0.2) is 15.9 Å². The molecule has 1 amide bonds. The number of sulfonamides is 1. The smallest absolute Gasteiger partial charge is 0.276 e. The van der Waals surface area contributed by atoms with Crippen LogP contribution in [-0.4, -0.2) is 47.4 Å². The van der Waals surface area contributed by atoms with Crippen LogP contribution in [0.3, 0.4) is 0 Å². The maximum atomic E-state index is 12.0. The van der Waals surface area contributed by atoms with Gasteiger partial charge in [0.1, 0.15) is 5.75 Å². The van der Waals surface area contributed by atoms with Gasteiger partial charge in [-0.3, -0.25) is 14.5 Å². The minimum Gasteiger partial charge on any atom is -0.476 e. The van der Waals surface area contributed by atoms with Gasteiger partial charge in [0, 0.05) is 0 Å². The van der Waals surface area contributed by atoms with Crippen molar-refractivity contribution >= 4 is 31.5 Å². The summed E-state index contributed by atoms with van der Waals surface area (Å²) in [6, 6.07) is 3.86. The zero-order chi connectivity index (χ0) is 17.4. The van der Waals surface area contributed by atoms with Crippen LogP contribution < -0.4 is 20.3 Å². The summed E-state index contributed by atoms with van der Waals surface area (Å²) in [6.07, 6.45) is -0.170. The summed E-state index contributed by atoms with van der Waals surface area (Å²) in [5.74, 6) is 4.33. The highest BCUT2D eigenvalue weighted by atomic mass is 32.2. The van der Waals surface area contributed by atoms with E-state index in [0.29, 0.717) is 0 Å². The van der Waals surface area contributed by atoms with E-state index >= 15 is 0 Å². The number of rotatable bonds is 4. The van der Waals surface area contributed by atoms with Gasteiger partial charge in [0.25, 0.3) is 5.91 Å². The molecule has 3 N–H and O–H groups in total. The fraction of sp³-hybridized carbons (Fsp3) is 0.417. The largest absolute Gasteiger partial charge is 0.476 e. The SMILES string of the molecule is CCS(=O)(=O)c1ccc2c(c1)N(S(C)(=O)=O)C[C@@H](C(=O)NN)O2. The van der Waals surface area contributed by atoms with Crippen LogP contribution in [0, 0.1) is 0 Å². The summed E-state index contributed by atoms with van der Waals surface area (Å²) >= 11 is 0. The van der Waals surface area contributed by atoms with Crippen molar-refractivity contribution in [2.45, 2.75) is 17.9 Å². The summed E-state index contributed by atoms with van der Waals surface area (Å²) in [4.78, 5) is 11.6. The molecular formula is C12H17N3O6S2. The van der Waals surface area contributed by atoms with Gasteiger partial charge in [0.2, 0.25) is 10.0 Å². The number of carbonyl (C=O) groups is 1. The second-order valence-electron chi connectivity index (χ2n) is 4.94. The summed E-state index contributed by atoms with van der Waals surface area (Å²) < 4.78 is 54.3. The highest BCUT2D eigenvalue weighted by Crippen LogP contribution is 2.37. The van der Waals surface area contributed by atoms with E-state index in [9.17, 15) is 21.6 Å². The van der Waals surface area contributed by atoms with E-state index in [1.54, 1.807) is 0 Å². The number of hydrogen-bond donors (Lipinski definition) is 2. The summed E-state index contributed by atoms with van der Waals surface area (Å²) in [7, 11) is -7.26. The van der Waals surface area contributed by atoms with Crippen molar-refractivity contribution < 1.29 is 26.4 Å². The lowest BCUT2D eigenvalue weighted by Gasteiger charge is -2.33. The molecule has 9 nitrogen and oxygen atoms in total. The number of carbonyl (C=O) groups excluding carboxylic acids is 1. The van der Waals surface area contributed by atoms with Gasteiger partial charge in [0.05, 0.1) is 29.1 Å². The van der Waals surface area contributed by atoms with Gasteiger partial charge in [-0.25, -0.2) is 22.7 Å². The molecule has 0 spiro atoms. The van der Waals surface area contributed by atoms with Crippen LogP contribution in [0.25, 0.3) is 0 Å². The Kier molecular flexibility index (Phi) is 4.55. The van der Waals surface area contributed by atoms with E-state index in [0.717, 1.165) is 10.6 Å². The Morgan fingerprint density at radius 2 is 2.04 bits per heavy atom. The Morgan fingerprint density at radius 3 is 2.57 bits per heavy atom. The molecule has 0 fully saturated rings. The summed E-state index contributed by atoms with van der Waals surface area (Å²) in [6.45, 7) is 1.19. The lowest BCUT2D eigenvalue weighted by molar-refractivity contribution is -0.127. The average molecular weight is 363 g/mol. The van der Waals surface area contributed by atoms with Crippen molar-refractivity contribution in [1.29, 1.82) is 0 Å². The van der Waals surface area contributed by atoms with Crippen LogP contribution in [0.15, 0.2) is 23.1 Å². The highest BCUT2D eigenvalue weighted by Gasteiger charge is 2.35. The minimum atomic E-state index is -3.75. The Morgan fingerprint density at radius 1 is 1.39 bits per heavy atom. The molecule has 1 atom stereocenters. The molecule has 0 bridgehead atoms. The second kappa shape index (κ2) is 5.98. The van der Waals surface area contributed by atoms with E-state index in [4.69, 9.17) is 10.6 Å². The number of fused-ring (bicyclic) bond motifs is 1. The van der Waals surface area contributed by atoms with Crippen LogP contribution in [-0.2, 0) is 24.7 Å². The summed E-state index contributed by atoms with van der Waals surface area (Å²) in [5.41, 5.74) is 1.97. The van der Waals surface area contributed by atoms with Crippen molar-refractivity contribution in [3.05, 3.63) is 18.2 Å². The third-order valence-electron chi connectivity index (χ3n) is 3.37. The first kappa shape index (κ1) is 17.5. The number of nitrogens with zero attached hydrogens (tertiary/aromatic N) is 1. The van der Waals surface area contributed by atoms with Gasteiger partial charge < -0.3 is 4.74 Å². The molecule has 1 aliphatic heterocycles. The van der Waals surface area contributed by atoms with Gasteiger partial charge >= 0.3 is 0 Å². The van der Waals surface area contributed by atoms with Crippen molar-refractivity contribution in [2.75, 3.05) is 22.9 Å². The lowest BCUT2D eigenvalue weighted by Crippen LogP contribution is -2.52. The van der Waals surface area contributed by atoms with E-state index in [2.05, 4.69) is 0 Å². The number of amides is 1. The zero-order valence-electron chi connectivity index (χ0n) is 12.5. The third-order valence-corrected chi connectivity index (χ3v) is 6.25. The molecule has 0 unspecified atom stereocenters. The zero-order valence-corrected chi connectivity index (χ0v) is 14.1. The van der Waals surface area contributed by atoms with Crippen molar-refractivity contribution in [3.8, 4) is 5.75 Å². The first-order valence-electron chi connectivity index (χ1n) is 6.61. The Hall–Kier alpha value is -1.85. The van der Waals surface area contributed by atoms with E-state index in [1.165, 1.54) is 25.1 Å². The quantitative estimate of drug-likeness (QED) is 0.398. The van der Waals surface area contributed by atoms with Gasteiger partial charge in [-0.1, -0.05) is 6.92 Å². The molecule has 0 radical (unpaired) electrons. The Balaban J connectivity index is 2.58. The first-order valence-corrected chi connectivity index (χ1v) is 10.1. The molecule has 0 aliphatic carbocycles. The number of nitrogens with one attached hydrogen (secondary N) is 1. The molecule has 0 saturated carbocycles.